The van der Waals surface area contributed by atoms with Crippen molar-refractivity contribution < 1.29 is 9.90 Å². The third-order valence-electron chi connectivity index (χ3n) is 6.37. The summed E-state index contributed by atoms with van der Waals surface area (Å²) in [6.07, 6.45) is 12.5. The summed E-state index contributed by atoms with van der Waals surface area (Å²) in [5.74, 6) is 2.00. The van der Waals surface area contributed by atoms with Gasteiger partial charge in [-0.2, -0.15) is 0 Å². The molecule has 1 aromatic heterocycles. The first-order valence-electron chi connectivity index (χ1n) is 9.66. The minimum absolute atomic E-state index is 0.136. The first-order chi connectivity index (χ1) is 12.1. The van der Waals surface area contributed by atoms with Crippen molar-refractivity contribution in [2.45, 2.75) is 63.0 Å². The highest BCUT2D eigenvalue weighted by atomic mass is 16.3. The van der Waals surface area contributed by atoms with Gasteiger partial charge in [0.25, 0.3) is 0 Å². The molecule has 3 aliphatic rings. The van der Waals surface area contributed by atoms with Crippen LogP contribution < -0.4 is 5.32 Å². The zero-order valence-electron chi connectivity index (χ0n) is 14.7. The summed E-state index contributed by atoms with van der Waals surface area (Å²) in [6.45, 7) is 1.65. The van der Waals surface area contributed by atoms with E-state index in [9.17, 15) is 9.90 Å². The second-order valence-electron chi connectivity index (χ2n) is 8.10. The van der Waals surface area contributed by atoms with Gasteiger partial charge in [0.15, 0.2) is 0 Å². The number of carbonyl (C=O) groups excluding carboxylic acids is 1. The minimum Gasteiger partial charge on any atom is -0.389 e. The van der Waals surface area contributed by atoms with Crippen molar-refractivity contribution in [3.05, 3.63) is 18.6 Å². The number of rotatable bonds is 4. The molecule has 2 saturated carbocycles. The molecular weight excluding hydrogens is 316 g/mol. The fraction of sp³-hybridized carbons (Fsp3) is 0.737. The van der Waals surface area contributed by atoms with Crippen molar-refractivity contribution in [2.75, 3.05) is 18.4 Å². The van der Waals surface area contributed by atoms with E-state index in [1.807, 2.05) is 4.90 Å². The van der Waals surface area contributed by atoms with Gasteiger partial charge >= 0.3 is 0 Å². The van der Waals surface area contributed by atoms with Crippen LogP contribution in [0.1, 0.15) is 51.4 Å². The number of nitrogens with zero attached hydrogens (tertiary/aromatic N) is 3. The topological polar surface area (TPSA) is 78.4 Å². The Morgan fingerprint density at radius 3 is 2.84 bits per heavy atom. The molecule has 2 aliphatic carbocycles. The van der Waals surface area contributed by atoms with E-state index in [0.29, 0.717) is 24.3 Å². The lowest BCUT2D eigenvalue weighted by Crippen LogP contribution is -2.40. The van der Waals surface area contributed by atoms with Gasteiger partial charge in [-0.05, 0) is 31.6 Å². The van der Waals surface area contributed by atoms with E-state index in [0.717, 1.165) is 57.4 Å². The number of aliphatic hydroxyl groups is 1. The van der Waals surface area contributed by atoms with Crippen LogP contribution in [0.2, 0.25) is 0 Å². The molecule has 6 nitrogen and oxygen atoms in total. The summed E-state index contributed by atoms with van der Waals surface area (Å²) in [4.78, 5) is 23.2. The number of amides is 1. The maximum atomic E-state index is 12.7. The molecule has 6 heteroatoms. The van der Waals surface area contributed by atoms with Crippen molar-refractivity contribution in [3.63, 3.8) is 0 Å². The molecule has 0 bridgehead atoms. The van der Waals surface area contributed by atoms with Gasteiger partial charge in [-0.3, -0.25) is 9.78 Å². The molecule has 4 rings (SSSR count). The van der Waals surface area contributed by atoms with Crippen LogP contribution >= 0.6 is 0 Å². The lowest BCUT2D eigenvalue weighted by Gasteiger charge is -2.33. The van der Waals surface area contributed by atoms with Crippen molar-refractivity contribution >= 4 is 11.7 Å². The van der Waals surface area contributed by atoms with E-state index in [1.165, 1.54) is 6.42 Å². The Morgan fingerprint density at radius 2 is 2.08 bits per heavy atom. The highest BCUT2D eigenvalue weighted by Gasteiger charge is 2.45. The van der Waals surface area contributed by atoms with Crippen molar-refractivity contribution in [2.24, 2.45) is 11.8 Å². The van der Waals surface area contributed by atoms with Crippen molar-refractivity contribution in [3.8, 4) is 0 Å². The third-order valence-corrected chi connectivity index (χ3v) is 6.37. The molecule has 0 unspecified atom stereocenters. The molecule has 1 saturated heterocycles. The standard InChI is InChI=1S/C19H28N4O2/c24-18(10-19(25)6-2-1-3-7-19)23-12-14-4-5-16(15(14)13-23)22-17-11-20-8-9-21-17/h8-9,11,14-16,25H,1-7,10,12-13H2,(H,21,22)/t14-,15+,16-/m1/s1. The van der Waals surface area contributed by atoms with Gasteiger partial charge < -0.3 is 15.3 Å². The molecule has 2 N–H and O–H groups in total. The number of likely N-dealkylation sites (tertiary alicyclic amines) is 1. The van der Waals surface area contributed by atoms with Crippen LogP contribution in [-0.4, -0.2) is 50.6 Å². The monoisotopic (exact) mass is 344 g/mol. The molecule has 1 aromatic rings. The number of aromatic nitrogens is 2. The fourth-order valence-corrected chi connectivity index (χ4v) is 4.99. The highest BCUT2D eigenvalue weighted by molar-refractivity contribution is 5.77. The molecular formula is C19H28N4O2. The molecule has 2 heterocycles. The summed E-state index contributed by atoms with van der Waals surface area (Å²) >= 11 is 0. The molecule has 0 spiro atoms. The van der Waals surface area contributed by atoms with E-state index < -0.39 is 5.60 Å². The van der Waals surface area contributed by atoms with Gasteiger partial charge in [0, 0.05) is 37.4 Å². The van der Waals surface area contributed by atoms with Crippen LogP contribution in [0.5, 0.6) is 0 Å². The minimum atomic E-state index is -0.760. The Bertz CT molecular complexity index is 603. The maximum Gasteiger partial charge on any atom is 0.225 e. The third kappa shape index (κ3) is 3.64. The number of hydrogen-bond acceptors (Lipinski definition) is 5. The van der Waals surface area contributed by atoms with Gasteiger partial charge in [-0.1, -0.05) is 19.3 Å². The average molecular weight is 344 g/mol. The molecule has 136 valence electrons. The van der Waals surface area contributed by atoms with Gasteiger partial charge in [0.05, 0.1) is 18.2 Å². The molecule has 1 aliphatic heterocycles. The van der Waals surface area contributed by atoms with Crippen LogP contribution in [0.4, 0.5) is 5.82 Å². The van der Waals surface area contributed by atoms with Crippen LogP contribution in [0.3, 0.4) is 0 Å². The average Bonchev–Trinajstić information content (AvgIpc) is 3.18. The van der Waals surface area contributed by atoms with E-state index in [-0.39, 0.29) is 5.91 Å². The molecule has 3 atom stereocenters. The first kappa shape index (κ1) is 16.8. The Hall–Kier alpha value is -1.69. The van der Waals surface area contributed by atoms with Gasteiger partial charge in [0.2, 0.25) is 5.91 Å². The normalized spacial score (nSPS) is 30.9. The molecule has 3 fully saturated rings. The van der Waals surface area contributed by atoms with E-state index in [4.69, 9.17) is 0 Å². The molecule has 0 aromatic carbocycles. The zero-order chi connectivity index (χ0) is 17.3. The summed E-state index contributed by atoms with van der Waals surface area (Å²) in [5, 5.41) is 14.2. The smallest absolute Gasteiger partial charge is 0.225 e. The Morgan fingerprint density at radius 1 is 1.24 bits per heavy atom. The first-order valence-corrected chi connectivity index (χ1v) is 9.66. The molecule has 0 radical (unpaired) electrons. The van der Waals surface area contributed by atoms with Crippen LogP contribution in [0, 0.1) is 11.8 Å². The highest BCUT2D eigenvalue weighted by Crippen LogP contribution is 2.40. The van der Waals surface area contributed by atoms with Gasteiger partial charge in [0.1, 0.15) is 5.82 Å². The van der Waals surface area contributed by atoms with Gasteiger partial charge in [-0.15, -0.1) is 0 Å². The summed E-state index contributed by atoms with van der Waals surface area (Å²) in [7, 11) is 0. The number of nitrogens with one attached hydrogen (secondary N) is 1. The van der Waals surface area contributed by atoms with Crippen molar-refractivity contribution in [1.82, 2.24) is 14.9 Å². The zero-order valence-corrected chi connectivity index (χ0v) is 14.7. The second kappa shape index (κ2) is 6.90. The number of anilines is 1. The maximum absolute atomic E-state index is 12.7. The quantitative estimate of drug-likeness (QED) is 0.875. The fourth-order valence-electron chi connectivity index (χ4n) is 4.99. The largest absolute Gasteiger partial charge is 0.389 e. The van der Waals surface area contributed by atoms with Gasteiger partial charge in [-0.25, -0.2) is 4.98 Å². The van der Waals surface area contributed by atoms with E-state index in [2.05, 4.69) is 15.3 Å². The van der Waals surface area contributed by atoms with Crippen LogP contribution in [0.25, 0.3) is 0 Å². The predicted molar refractivity (Wildman–Crippen MR) is 94.9 cm³/mol. The predicted octanol–water partition coefficient (Wildman–Crippen LogP) is 2.21. The molecule has 1 amide bonds. The SMILES string of the molecule is O=C(CC1(O)CCCCC1)N1C[C@H]2CC[C@@H](Nc3cnccn3)[C@H]2C1. The second-order valence-corrected chi connectivity index (χ2v) is 8.10. The number of carbonyl (C=O) groups is 1. The van der Waals surface area contributed by atoms with Crippen LogP contribution in [0.15, 0.2) is 18.6 Å². The Labute approximate surface area is 149 Å². The number of fused-ring (bicyclic) bond motifs is 1. The van der Waals surface area contributed by atoms with Crippen molar-refractivity contribution in [1.29, 1.82) is 0 Å². The summed E-state index contributed by atoms with van der Waals surface area (Å²) in [5.41, 5.74) is -0.760. The Balaban J connectivity index is 1.35. The van der Waals surface area contributed by atoms with E-state index >= 15 is 0 Å². The summed E-state index contributed by atoms with van der Waals surface area (Å²) in [6, 6.07) is 0.359. The lowest BCUT2D eigenvalue weighted by molar-refractivity contribution is -0.137. The Kier molecular flexibility index (Phi) is 4.63. The van der Waals surface area contributed by atoms with E-state index in [1.54, 1.807) is 18.6 Å². The lowest BCUT2D eigenvalue weighted by atomic mass is 9.82. The summed E-state index contributed by atoms with van der Waals surface area (Å²) < 4.78 is 0. The van der Waals surface area contributed by atoms with Crippen LogP contribution in [-0.2, 0) is 4.79 Å². The number of hydrogen-bond donors (Lipinski definition) is 2. The molecule has 25 heavy (non-hydrogen) atoms.